The summed E-state index contributed by atoms with van der Waals surface area (Å²) in [6, 6.07) is 0. The van der Waals surface area contributed by atoms with Crippen LogP contribution in [0.2, 0.25) is 0 Å². The van der Waals surface area contributed by atoms with E-state index in [-0.39, 0.29) is 17.0 Å². The third kappa shape index (κ3) is 4.86. The summed E-state index contributed by atoms with van der Waals surface area (Å²) in [4.78, 5) is 47.1. The Balaban J connectivity index is 1.72. The lowest BCUT2D eigenvalue weighted by Gasteiger charge is -2.24. The summed E-state index contributed by atoms with van der Waals surface area (Å²) in [6.45, 7) is -1.16. The van der Waals surface area contributed by atoms with Crippen molar-refractivity contribution >= 4 is 40.0 Å². The van der Waals surface area contributed by atoms with Crippen molar-refractivity contribution in [2.75, 3.05) is 12.3 Å². The maximum absolute atomic E-state index is 13.4. The Morgan fingerprint density at radius 1 is 1.12 bits per heavy atom. The van der Waals surface area contributed by atoms with Gasteiger partial charge in [0.25, 0.3) is 0 Å². The molecule has 0 spiro atoms. The number of rotatable bonds is 8. The van der Waals surface area contributed by atoms with Crippen LogP contribution in [0.15, 0.2) is 12.7 Å². The van der Waals surface area contributed by atoms with Crippen LogP contribution in [0.1, 0.15) is 6.23 Å². The number of nitrogens with zero attached hydrogens (tertiary/aromatic N) is 4. The zero-order chi connectivity index (χ0) is 25.0. The first-order valence-corrected chi connectivity index (χ1v) is 13.1. The first-order valence-electron chi connectivity index (χ1n) is 8.38. The molecule has 22 heteroatoms. The molecule has 1 fully saturated rings. The molecule has 1 aliphatic heterocycles. The monoisotopic (exact) mass is 541 g/mol. The van der Waals surface area contributed by atoms with E-state index in [1.165, 1.54) is 0 Å². The number of alkyl halides is 2. The molecule has 0 amide bonds. The van der Waals surface area contributed by atoms with E-state index in [0.29, 0.717) is 0 Å². The van der Waals surface area contributed by atoms with Gasteiger partial charge in [-0.05, 0) is 0 Å². The molecular weight excluding hydrogens is 525 g/mol. The first-order chi connectivity index (χ1) is 15.0. The third-order valence-corrected chi connectivity index (χ3v) is 9.41. The maximum atomic E-state index is 13.4. The molecule has 17 nitrogen and oxygen atoms in total. The van der Waals surface area contributed by atoms with Gasteiger partial charge in [-0.15, -0.1) is 0 Å². The van der Waals surface area contributed by atoms with E-state index in [2.05, 4.69) is 23.8 Å². The predicted molar refractivity (Wildman–Crippen MR) is 99.3 cm³/mol. The van der Waals surface area contributed by atoms with Gasteiger partial charge < -0.3 is 40.3 Å². The summed E-state index contributed by atoms with van der Waals surface area (Å²) in [6.07, 6.45) is -4.31. The van der Waals surface area contributed by atoms with Crippen LogP contribution < -0.4 is 5.73 Å². The molecule has 33 heavy (non-hydrogen) atoms. The number of nitrogen functional groups attached to an aromatic ring is 1. The minimum atomic E-state index is -6.74. The Labute approximate surface area is 181 Å². The van der Waals surface area contributed by atoms with Crippen LogP contribution in [0.3, 0.4) is 0 Å². The standard InChI is InChI=1S/C11H16F2N5O12P3/c12-11(13,31(21,22)23)32(24,25)30-33(26,27)28-1-4-6(19)7(20)10(29-4)18-3-17-5-8(14)15-2-16-9(5)18/h2-4,6-7,10,19-20H,1H2,(H,24,25)(H,26,27)(H2,14,15,16)(H2,21,22,23)/t4-,6-,7-,10?/m1/s1. The van der Waals surface area contributed by atoms with Gasteiger partial charge in [0, 0.05) is 0 Å². The van der Waals surface area contributed by atoms with Crippen LogP contribution in [0, 0.1) is 0 Å². The zero-order valence-electron chi connectivity index (χ0n) is 15.8. The Bertz CT molecular complexity index is 1190. The van der Waals surface area contributed by atoms with Gasteiger partial charge in [0.15, 0.2) is 17.7 Å². The topological polar surface area (TPSA) is 270 Å². The Hall–Kier alpha value is -1.46. The number of imidazole rings is 1. The van der Waals surface area contributed by atoms with Crippen molar-refractivity contribution in [3.63, 3.8) is 0 Å². The van der Waals surface area contributed by atoms with Gasteiger partial charge in [0.05, 0.1) is 12.9 Å². The summed E-state index contributed by atoms with van der Waals surface area (Å²) in [5.74, 6) is -0.00873. The van der Waals surface area contributed by atoms with Crippen LogP contribution in [0.25, 0.3) is 11.2 Å². The van der Waals surface area contributed by atoms with E-state index < -0.39 is 59.6 Å². The van der Waals surface area contributed by atoms with Crippen LogP contribution in [0.4, 0.5) is 14.6 Å². The molecule has 3 heterocycles. The second-order valence-corrected chi connectivity index (χ2v) is 12.0. The molecule has 0 radical (unpaired) electrons. The van der Waals surface area contributed by atoms with E-state index in [0.717, 1.165) is 17.2 Å². The summed E-state index contributed by atoms with van der Waals surface area (Å²) < 4.78 is 75.0. The van der Waals surface area contributed by atoms with Crippen molar-refractivity contribution in [2.45, 2.75) is 29.9 Å². The first kappa shape index (κ1) is 26.2. The fraction of sp³-hybridized carbons (Fsp3) is 0.545. The van der Waals surface area contributed by atoms with Gasteiger partial charge in [-0.25, -0.2) is 23.8 Å². The van der Waals surface area contributed by atoms with Gasteiger partial charge in [-0.1, -0.05) is 0 Å². The van der Waals surface area contributed by atoms with E-state index in [4.69, 9.17) is 25.2 Å². The fourth-order valence-electron chi connectivity index (χ4n) is 2.70. The molecule has 2 aromatic rings. The lowest BCUT2D eigenvalue weighted by atomic mass is 10.1. The van der Waals surface area contributed by atoms with Gasteiger partial charge in [0.2, 0.25) is 0 Å². The number of hydrogen-bond acceptors (Lipinski definition) is 12. The summed E-state index contributed by atoms with van der Waals surface area (Å²) in [5, 5.41) is 14.7. The molecule has 0 aromatic carbocycles. The van der Waals surface area contributed by atoms with Crippen LogP contribution in [-0.2, 0) is 27.3 Å². The molecule has 186 valence electrons. The molecule has 1 aliphatic rings. The van der Waals surface area contributed by atoms with Gasteiger partial charge in [-0.3, -0.25) is 18.2 Å². The molecule has 1 saturated heterocycles. The fourth-order valence-corrected chi connectivity index (χ4v) is 6.38. The highest BCUT2D eigenvalue weighted by molar-refractivity contribution is 7.75. The lowest BCUT2D eigenvalue weighted by Crippen LogP contribution is -2.33. The molecule has 0 saturated carbocycles. The highest BCUT2D eigenvalue weighted by atomic mass is 31.3. The van der Waals surface area contributed by atoms with Crippen molar-refractivity contribution in [1.82, 2.24) is 19.5 Å². The van der Waals surface area contributed by atoms with Gasteiger partial charge >= 0.3 is 28.4 Å². The second-order valence-electron chi connectivity index (χ2n) is 6.55. The minimum Gasteiger partial charge on any atom is -0.387 e. The molecule has 0 aliphatic carbocycles. The van der Waals surface area contributed by atoms with Crippen LogP contribution in [-0.4, -0.2) is 79.6 Å². The van der Waals surface area contributed by atoms with Crippen LogP contribution >= 0.6 is 23.0 Å². The molecule has 8 N–H and O–H groups in total. The molecular formula is C11H16F2N5O12P3. The molecule has 0 bridgehead atoms. The van der Waals surface area contributed by atoms with Crippen molar-refractivity contribution < 1.29 is 65.8 Å². The quantitative estimate of drug-likeness (QED) is 0.199. The van der Waals surface area contributed by atoms with E-state index in [9.17, 15) is 37.6 Å². The largest absolute Gasteiger partial charge is 0.479 e. The lowest BCUT2D eigenvalue weighted by molar-refractivity contribution is -0.0503. The number of aromatic nitrogens is 4. The number of ether oxygens (including phenoxy) is 1. The molecule has 3 rings (SSSR count). The normalized spacial score (nSPS) is 28.0. The molecule has 3 unspecified atom stereocenters. The van der Waals surface area contributed by atoms with Crippen molar-refractivity contribution in [3.8, 4) is 0 Å². The average Bonchev–Trinajstić information content (AvgIpc) is 3.21. The van der Waals surface area contributed by atoms with Crippen molar-refractivity contribution in [3.05, 3.63) is 12.7 Å². The number of aliphatic hydroxyl groups is 2. The smallest absolute Gasteiger partial charge is 0.387 e. The number of aliphatic hydroxyl groups excluding tert-OH is 2. The van der Waals surface area contributed by atoms with E-state index in [1.54, 1.807) is 0 Å². The third-order valence-electron chi connectivity index (χ3n) is 4.30. The summed E-state index contributed by atoms with van der Waals surface area (Å²) in [7, 11) is -19.2. The average molecular weight is 541 g/mol. The van der Waals surface area contributed by atoms with Crippen molar-refractivity contribution in [2.24, 2.45) is 0 Å². The Kier molecular flexibility index (Phi) is 6.85. The van der Waals surface area contributed by atoms with Crippen LogP contribution in [0.5, 0.6) is 0 Å². The number of phosphoric ester groups is 1. The maximum Gasteiger partial charge on any atom is 0.479 e. The predicted octanol–water partition coefficient (Wildman–Crippen LogP) is -0.925. The number of fused-ring (bicyclic) bond motifs is 1. The van der Waals surface area contributed by atoms with E-state index in [1.807, 2.05) is 0 Å². The highest BCUT2D eigenvalue weighted by Gasteiger charge is 2.67. The highest BCUT2D eigenvalue weighted by Crippen LogP contribution is 2.77. The van der Waals surface area contributed by atoms with E-state index >= 15 is 0 Å². The van der Waals surface area contributed by atoms with Gasteiger partial charge in [0.1, 0.15) is 30.2 Å². The summed E-state index contributed by atoms with van der Waals surface area (Å²) >= 11 is 0. The SMILES string of the molecule is Nc1ncnc2c1ncn2C1O[C@H](COP(=O)(O)OP(=O)(O)C(F)(F)P(=O)(O)O)[C@@H](O)[C@H]1O. The number of halogens is 2. The number of nitrogens with two attached hydrogens (primary N) is 1. The number of hydrogen-bond donors (Lipinski definition) is 7. The number of anilines is 1. The zero-order valence-corrected chi connectivity index (χ0v) is 18.5. The summed E-state index contributed by atoms with van der Waals surface area (Å²) in [5.41, 5.74) is 5.85. The minimum absolute atomic E-state index is 0.00873. The Morgan fingerprint density at radius 3 is 2.36 bits per heavy atom. The Morgan fingerprint density at radius 2 is 1.76 bits per heavy atom. The second kappa shape index (κ2) is 8.64. The molecule has 6 atom stereocenters. The van der Waals surface area contributed by atoms with Crippen molar-refractivity contribution in [1.29, 1.82) is 0 Å². The molecule has 2 aromatic heterocycles. The number of phosphoric acid groups is 1. The van der Waals surface area contributed by atoms with Gasteiger partial charge in [-0.2, -0.15) is 8.78 Å².